The van der Waals surface area contributed by atoms with E-state index in [1.54, 1.807) is 18.2 Å². The number of nitrogens with one attached hydrogen (secondary N) is 2. The van der Waals surface area contributed by atoms with Gasteiger partial charge in [0.2, 0.25) is 0 Å². The van der Waals surface area contributed by atoms with E-state index in [9.17, 15) is 9.18 Å². The van der Waals surface area contributed by atoms with E-state index in [0.29, 0.717) is 21.6 Å². The number of nitrogens with zero attached hydrogens (tertiary/aromatic N) is 1. The molecule has 0 fully saturated rings. The molecule has 0 bridgehead atoms. The molecule has 4 nitrogen and oxygen atoms in total. The average molecular weight is 261 g/mol. The predicted molar refractivity (Wildman–Crippen MR) is 68.3 cm³/mol. The number of fused-ring (bicyclic) bond motifs is 1. The van der Waals surface area contributed by atoms with Crippen molar-refractivity contribution in [2.45, 2.75) is 0 Å². The number of amides is 1. The van der Waals surface area contributed by atoms with Crippen LogP contribution >= 0.6 is 11.3 Å². The quantitative estimate of drug-likeness (QED) is 0.745. The fourth-order valence-electron chi connectivity index (χ4n) is 1.66. The number of benzene rings is 1. The molecule has 1 aromatic carbocycles. The fourth-order valence-corrected chi connectivity index (χ4v) is 2.28. The normalized spacial score (nSPS) is 10.7. The van der Waals surface area contributed by atoms with Crippen molar-refractivity contribution in [2.24, 2.45) is 0 Å². The number of anilines is 1. The van der Waals surface area contributed by atoms with Crippen LogP contribution in [0.2, 0.25) is 0 Å². The highest BCUT2D eigenvalue weighted by Crippen LogP contribution is 2.22. The number of hydrogen-bond donors (Lipinski definition) is 2. The summed E-state index contributed by atoms with van der Waals surface area (Å²) in [4.78, 5) is 12.4. The zero-order valence-corrected chi connectivity index (χ0v) is 9.92. The molecule has 2 heterocycles. The molecule has 18 heavy (non-hydrogen) atoms. The van der Waals surface area contributed by atoms with Crippen molar-refractivity contribution in [1.29, 1.82) is 0 Å². The van der Waals surface area contributed by atoms with Gasteiger partial charge in [0.1, 0.15) is 5.82 Å². The van der Waals surface area contributed by atoms with Gasteiger partial charge in [-0.15, -0.1) is 11.3 Å². The first-order valence-corrected chi connectivity index (χ1v) is 6.10. The molecule has 3 rings (SSSR count). The molecule has 0 atom stereocenters. The first-order valence-electron chi connectivity index (χ1n) is 5.22. The van der Waals surface area contributed by atoms with Crippen molar-refractivity contribution in [1.82, 2.24) is 10.2 Å². The molecule has 0 aliphatic carbocycles. The van der Waals surface area contributed by atoms with Gasteiger partial charge in [0, 0.05) is 5.39 Å². The minimum Gasteiger partial charge on any atom is -0.304 e. The molecule has 90 valence electrons. The Labute approximate surface area is 105 Å². The molecule has 0 saturated heterocycles. The Kier molecular flexibility index (Phi) is 2.56. The maximum atomic E-state index is 13.2. The molecule has 2 aromatic heterocycles. The van der Waals surface area contributed by atoms with Gasteiger partial charge < -0.3 is 5.32 Å². The highest BCUT2D eigenvalue weighted by Gasteiger charge is 2.12. The maximum Gasteiger partial charge on any atom is 0.266 e. The standard InChI is InChI=1S/C12H8FN3OS/c13-7-3-4-9-8(6-7)11(16-15-9)14-12(17)10-2-1-5-18-10/h1-6H,(H2,14,15,16,17). The van der Waals surface area contributed by atoms with Crippen LogP contribution in [-0.4, -0.2) is 16.1 Å². The van der Waals surface area contributed by atoms with E-state index in [2.05, 4.69) is 15.5 Å². The van der Waals surface area contributed by atoms with Gasteiger partial charge in [0.25, 0.3) is 5.91 Å². The number of H-pyrrole nitrogens is 1. The first-order chi connectivity index (χ1) is 8.74. The summed E-state index contributed by atoms with van der Waals surface area (Å²) in [6, 6.07) is 7.77. The number of aromatic nitrogens is 2. The third-order valence-electron chi connectivity index (χ3n) is 2.50. The number of hydrogen-bond acceptors (Lipinski definition) is 3. The van der Waals surface area contributed by atoms with Crippen LogP contribution in [0.1, 0.15) is 9.67 Å². The molecule has 6 heteroatoms. The highest BCUT2D eigenvalue weighted by molar-refractivity contribution is 7.12. The molecule has 0 saturated carbocycles. The van der Waals surface area contributed by atoms with Gasteiger partial charge in [0.05, 0.1) is 10.4 Å². The van der Waals surface area contributed by atoms with Crippen molar-refractivity contribution in [3.63, 3.8) is 0 Å². The molecule has 0 aliphatic heterocycles. The second kappa shape index (κ2) is 4.23. The Morgan fingerprint density at radius 3 is 3.06 bits per heavy atom. The predicted octanol–water partition coefficient (Wildman–Crippen LogP) is 3.02. The lowest BCUT2D eigenvalue weighted by Crippen LogP contribution is -2.10. The van der Waals surface area contributed by atoms with E-state index in [-0.39, 0.29) is 11.7 Å². The molecular weight excluding hydrogens is 253 g/mol. The largest absolute Gasteiger partial charge is 0.304 e. The van der Waals surface area contributed by atoms with E-state index in [0.717, 1.165) is 0 Å². The van der Waals surface area contributed by atoms with Gasteiger partial charge in [0.15, 0.2) is 5.82 Å². The van der Waals surface area contributed by atoms with Gasteiger partial charge in [-0.05, 0) is 29.6 Å². The topological polar surface area (TPSA) is 57.8 Å². The Balaban J connectivity index is 1.95. The van der Waals surface area contributed by atoms with Crippen molar-refractivity contribution in [3.05, 3.63) is 46.4 Å². The Morgan fingerprint density at radius 2 is 2.28 bits per heavy atom. The Bertz CT molecular complexity index is 705. The molecule has 0 aliphatic rings. The summed E-state index contributed by atoms with van der Waals surface area (Å²) in [5.74, 6) is -0.277. The summed E-state index contributed by atoms with van der Waals surface area (Å²) >= 11 is 1.34. The zero-order valence-electron chi connectivity index (χ0n) is 9.11. The van der Waals surface area contributed by atoms with E-state index < -0.39 is 0 Å². The lowest BCUT2D eigenvalue weighted by Gasteiger charge is -1.99. The number of rotatable bonds is 2. The number of carbonyl (C=O) groups is 1. The van der Waals surface area contributed by atoms with Gasteiger partial charge in [-0.2, -0.15) is 5.10 Å². The van der Waals surface area contributed by atoms with Gasteiger partial charge in [-0.25, -0.2) is 4.39 Å². The average Bonchev–Trinajstić information content (AvgIpc) is 2.99. The number of halogens is 1. The maximum absolute atomic E-state index is 13.2. The van der Waals surface area contributed by atoms with Crippen LogP contribution in [-0.2, 0) is 0 Å². The van der Waals surface area contributed by atoms with Crippen LogP contribution in [0, 0.1) is 5.82 Å². The second-order valence-corrected chi connectivity index (χ2v) is 4.64. The summed E-state index contributed by atoms with van der Waals surface area (Å²) in [6.45, 7) is 0. The summed E-state index contributed by atoms with van der Waals surface area (Å²) < 4.78 is 13.2. The summed E-state index contributed by atoms with van der Waals surface area (Å²) in [5, 5.41) is 11.7. The minimum absolute atomic E-state index is 0.248. The molecule has 0 radical (unpaired) electrons. The van der Waals surface area contributed by atoms with Crippen LogP contribution in [0.15, 0.2) is 35.7 Å². The molecule has 2 N–H and O–H groups in total. The second-order valence-electron chi connectivity index (χ2n) is 3.69. The zero-order chi connectivity index (χ0) is 12.5. The number of carbonyl (C=O) groups excluding carboxylic acids is 1. The SMILES string of the molecule is O=C(Nc1n[nH]c2ccc(F)cc12)c1cccs1. The first kappa shape index (κ1) is 10.9. The van der Waals surface area contributed by atoms with Gasteiger partial charge in [-0.1, -0.05) is 6.07 Å². The summed E-state index contributed by atoms with van der Waals surface area (Å²) in [6.07, 6.45) is 0. The van der Waals surface area contributed by atoms with Crippen LogP contribution in [0.5, 0.6) is 0 Å². The summed E-state index contributed by atoms with van der Waals surface area (Å²) in [5.41, 5.74) is 0.679. The van der Waals surface area contributed by atoms with Gasteiger partial charge >= 0.3 is 0 Å². The van der Waals surface area contributed by atoms with Crippen molar-refractivity contribution >= 4 is 34.0 Å². The summed E-state index contributed by atoms with van der Waals surface area (Å²) in [7, 11) is 0. The molecule has 0 unspecified atom stereocenters. The van der Waals surface area contributed by atoms with Gasteiger partial charge in [-0.3, -0.25) is 9.89 Å². The van der Waals surface area contributed by atoms with E-state index in [1.165, 1.54) is 23.5 Å². The number of thiophene rings is 1. The third-order valence-corrected chi connectivity index (χ3v) is 3.37. The lowest BCUT2D eigenvalue weighted by molar-refractivity contribution is 0.103. The lowest BCUT2D eigenvalue weighted by atomic mass is 10.2. The Morgan fingerprint density at radius 1 is 1.39 bits per heavy atom. The van der Waals surface area contributed by atoms with Crippen LogP contribution in [0.25, 0.3) is 10.9 Å². The molecule has 1 amide bonds. The highest BCUT2D eigenvalue weighted by atomic mass is 32.1. The number of aromatic amines is 1. The molecule has 3 aromatic rings. The monoisotopic (exact) mass is 261 g/mol. The van der Waals surface area contributed by atoms with Crippen LogP contribution < -0.4 is 5.32 Å². The minimum atomic E-state index is -0.365. The van der Waals surface area contributed by atoms with E-state index in [1.807, 2.05) is 5.38 Å². The molecule has 0 spiro atoms. The fraction of sp³-hybridized carbons (Fsp3) is 0. The third kappa shape index (κ3) is 1.86. The van der Waals surface area contributed by atoms with Crippen LogP contribution in [0.3, 0.4) is 0 Å². The van der Waals surface area contributed by atoms with Crippen LogP contribution in [0.4, 0.5) is 10.2 Å². The molecular formula is C12H8FN3OS. The van der Waals surface area contributed by atoms with Crippen molar-refractivity contribution < 1.29 is 9.18 Å². The van der Waals surface area contributed by atoms with E-state index >= 15 is 0 Å². The Hall–Kier alpha value is -2.21. The van der Waals surface area contributed by atoms with E-state index in [4.69, 9.17) is 0 Å². The van der Waals surface area contributed by atoms with Crippen molar-refractivity contribution in [2.75, 3.05) is 5.32 Å². The smallest absolute Gasteiger partial charge is 0.266 e. The van der Waals surface area contributed by atoms with Crippen molar-refractivity contribution in [3.8, 4) is 0 Å².